The lowest BCUT2D eigenvalue weighted by atomic mass is 10.0. The van der Waals surface area contributed by atoms with Gasteiger partial charge in [-0.05, 0) is 25.7 Å². The number of methoxy groups -OCH3 is 1. The van der Waals surface area contributed by atoms with Crippen molar-refractivity contribution < 1.29 is 18.7 Å². The molecule has 0 spiro atoms. The van der Waals surface area contributed by atoms with Gasteiger partial charge >= 0.3 is 5.97 Å². The van der Waals surface area contributed by atoms with E-state index in [-0.39, 0.29) is 12.5 Å². The Morgan fingerprint density at radius 1 is 1.23 bits per heavy atom. The fraction of sp³-hybridized carbons (Fsp3) is 0.391. The molecule has 3 heterocycles. The van der Waals surface area contributed by atoms with E-state index in [0.717, 1.165) is 42.8 Å². The number of ether oxygens (including phenoxy) is 1. The second-order valence-electron chi connectivity index (χ2n) is 7.55. The molecule has 0 saturated heterocycles. The number of esters is 1. The van der Waals surface area contributed by atoms with Gasteiger partial charge in [-0.3, -0.25) is 9.48 Å². The maximum absolute atomic E-state index is 12.3. The Morgan fingerprint density at radius 2 is 2.06 bits per heavy atom. The number of fused-ring (bicyclic) bond motifs is 1. The highest BCUT2D eigenvalue weighted by molar-refractivity contribution is 5.92. The van der Waals surface area contributed by atoms with Crippen LogP contribution in [0, 0.1) is 0 Å². The van der Waals surface area contributed by atoms with Gasteiger partial charge in [0.05, 0.1) is 31.2 Å². The molecule has 0 fully saturated rings. The molecular formula is C23H26N4O4. The molecule has 0 radical (unpaired) electrons. The van der Waals surface area contributed by atoms with Crippen LogP contribution >= 0.6 is 0 Å². The Bertz CT molecular complexity index is 1050. The fourth-order valence-electron chi connectivity index (χ4n) is 3.84. The first-order valence-corrected chi connectivity index (χ1v) is 10.6. The third kappa shape index (κ3) is 4.84. The van der Waals surface area contributed by atoms with E-state index < -0.39 is 5.97 Å². The summed E-state index contributed by atoms with van der Waals surface area (Å²) in [6.07, 6.45) is 6.09. The molecule has 162 valence electrons. The summed E-state index contributed by atoms with van der Waals surface area (Å²) in [5.41, 5.74) is 2.94. The topological polar surface area (TPSA) is 99.2 Å². The number of aromatic nitrogens is 3. The monoisotopic (exact) mass is 422 g/mol. The van der Waals surface area contributed by atoms with Crippen molar-refractivity contribution in [3.8, 4) is 11.3 Å². The molecule has 1 amide bonds. The summed E-state index contributed by atoms with van der Waals surface area (Å²) >= 11 is 0. The molecule has 8 nitrogen and oxygen atoms in total. The van der Waals surface area contributed by atoms with Crippen molar-refractivity contribution in [2.75, 3.05) is 7.11 Å². The van der Waals surface area contributed by atoms with Gasteiger partial charge in [0.2, 0.25) is 5.91 Å². The van der Waals surface area contributed by atoms with Crippen molar-refractivity contribution in [1.82, 2.24) is 20.1 Å². The fourth-order valence-corrected chi connectivity index (χ4v) is 3.84. The van der Waals surface area contributed by atoms with Crippen LogP contribution in [0.15, 0.2) is 40.9 Å². The summed E-state index contributed by atoms with van der Waals surface area (Å²) in [5.74, 6) is 0.836. The van der Waals surface area contributed by atoms with Crippen LogP contribution in [-0.4, -0.2) is 33.8 Å². The molecule has 0 bridgehead atoms. The summed E-state index contributed by atoms with van der Waals surface area (Å²) < 4.78 is 12.6. The number of hydrogen-bond donors (Lipinski definition) is 1. The Kier molecular flexibility index (Phi) is 6.45. The first-order valence-electron chi connectivity index (χ1n) is 10.6. The number of carbonyl (C=O) groups excluding carboxylic acids is 2. The number of rotatable bonds is 8. The maximum atomic E-state index is 12.3. The summed E-state index contributed by atoms with van der Waals surface area (Å²) in [7, 11) is 1.36. The molecule has 2 aromatic heterocycles. The SMILES string of the molecule is COC(=O)c1c(CNC(=O)CCCc2ncc(-c3ccccc3)o2)nn2c1CCCC2. The van der Waals surface area contributed by atoms with Gasteiger partial charge in [0, 0.05) is 24.9 Å². The summed E-state index contributed by atoms with van der Waals surface area (Å²) in [4.78, 5) is 28.9. The number of nitrogens with one attached hydrogen (secondary N) is 1. The van der Waals surface area contributed by atoms with E-state index in [0.29, 0.717) is 36.4 Å². The molecule has 1 aliphatic heterocycles. The molecule has 1 aliphatic rings. The zero-order valence-corrected chi connectivity index (χ0v) is 17.6. The second kappa shape index (κ2) is 9.59. The zero-order chi connectivity index (χ0) is 21.6. The third-order valence-corrected chi connectivity index (χ3v) is 5.41. The minimum atomic E-state index is -0.398. The molecule has 1 N–H and O–H groups in total. The highest BCUT2D eigenvalue weighted by atomic mass is 16.5. The van der Waals surface area contributed by atoms with Crippen molar-refractivity contribution >= 4 is 11.9 Å². The number of oxazole rings is 1. The number of nitrogens with zero attached hydrogens (tertiary/aromatic N) is 3. The summed E-state index contributed by atoms with van der Waals surface area (Å²) in [6, 6.07) is 9.78. The Morgan fingerprint density at radius 3 is 2.87 bits per heavy atom. The molecule has 31 heavy (non-hydrogen) atoms. The molecule has 0 saturated carbocycles. The smallest absolute Gasteiger partial charge is 0.341 e. The van der Waals surface area contributed by atoms with E-state index in [2.05, 4.69) is 15.4 Å². The number of carbonyl (C=O) groups is 2. The molecule has 0 unspecified atom stereocenters. The molecule has 8 heteroatoms. The predicted molar refractivity (Wildman–Crippen MR) is 113 cm³/mol. The summed E-state index contributed by atoms with van der Waals surface area (Å²) in [6.45, 7) is 0.995. The molecule has 3 aromatic rings. The van der Waals surface area contributed by atoms with Crippen LogP contribution in [0.4, 0.5) is 0 Å². The maximum Gasteiger partial charge on any atom is 0.341 e. The van der Waals surface area contributed by atoms with Crippen LogP contribution in [0.5, 0.6) is 0 Å². The van der Waals surface area contributed by atoms with Gasteiger partial charge in [0.15, 0.2) is 11.7 Å². The van der Waals surface area contributed by atoms with Crippen molar-refractivity contribution in [2.45, 2.75) is 51.6 Å². The van der Waals surface area contributed by atoms with Crippen LogP contribution < -0.4 is 5.32 Å². The van der Waals surface area contributed by atoms with Crippen molar-refractivity contribution in [3.05, 3.63) is 59.4 Å². The number of benzene rings is 1. The van der Waals surface area contributed by atoms with E-state index >= 15 is 0 Å². The number of aryl methyl sites for hydroxylation is 2. The third-order valence-electron chi connectivity index (χ3n) is 5.41. The average molecular weight is 422 g/mol. The number of hydrogen-bond acceptors (Lipinski definition) is 6. The Hall–Kier alpha value is -3.42. The molecule has 0 aliphatic carbocycles. The minimum absolute atomic E-state index is 0.100. The van der Waals surface area contributed by atoms with Crippen LogP contribution in [0.2, 0.25) is 0 Å². The Balaban J connectivity index is 1.29. The van der Waals surface area contributed by atoms with Gasteiger partial charge < -0.3 is 14.5 Å². The lowest BCUT2D eigenvalue weighted by Gasteiger charge is -2.13. The molecular weight excluding hydrogens is 396 g/mol. The van der Waals surface area contributed by atoms with E-state index in [4.69, 9.17) is 9.15 Å². The van der Waals surface area contributed by atoms with Gasteiger partial charge in [0.1, 0.15) is 5.56 Å². The highest BCUT2D eigenvalue weighted by Crippen LogP contribution is 2.23. The lowest BCUT2D eigenvalue weighted by Crippen LogP contribution is -2.24. The average Bonchev–Trinajstić information content (AvgIpc) is 3.42. The van der Waals surface area contributed by atoms with Crippen molar-refractivity contribution in [3.63, 3.8) is 0 Å². The highest BCUT2D eigenvalue weighted by Gasteiger charge is 2.26. The van der Waals surface area contributed by atoms with E-state index in [1.54, 1.807) is 6.20 Å². The normalized spacial score (nSPS) is 12.9. The second-order valence-corrected chi connectivity index (χ2v) is 7.55. The zero-order valence-electron chi connectivity index (χ0n) is 17.6. The van der Waals surface area contributed by atoms with Crippen LogP contribution in [-0.2, 0) is 35.5 Å². The number of amides is 1. The minimum Gasteiger partial charge on any atom is -0.465 e. The van der Waals surface area contributed by atoms with E-state index in [1.807, 2.05) is 35.0 Å². The van der Waals surface area contributed by atoms with Gasteiger partial charge in [-0.2, -0.15) is 5.10 Å². The molecule has 1 aromatic carbocycles. The van der Waals surface area contributed by atoms with E-state index in [1.165, 1.54) is 7.11 Å². The van der Waals surface area contributed by atoms with Crippen molar-refractivity contribution in [2.24, 2.45) is 0 Å². The van der Waals surface area contributed by atoms with Gasteiger partial charge in [-0.1, -0.05) is 30.3 Å². The standard InChI is InChI=1S/C23H26N4O4/c1-30-23(29)22-17(26-27-13-6-5-10-18(22)27)14-24-20(28)11-7-12-21-25-15-19(31-21)16-8-3-2-4-9-16/h2-4,8-9,15H,5-7,10-14H2,1H3,(H,24,28). The van der Waals surface area contributed by atoms with Gasteiger partial charge in [-0.15, -0.1) is 0 Å². The van der Waals surface area contributed by atoms with Gasteiger partial charge in [0.25, 0.3) is 0 Å². The molecule has 0 atom stereocenters. The molecule has 4 rings (SSSR count). The first-order chi connectivity index (χ1) is 15.2. The Labute approximate surface area is 180 Å². The van der Waals surface area contributed by atoms with E-state index in [9.17, 15) is 9.59 Å². The predicted octanol–water partition coefficient (Wildman–Crippen LogP) is 3.30. The van der Waals surface area contributed by atoms with Crippen LogP contribution in [0.25, 0.3) is 11.3 Å². The van der Waals surface area contributed by atoms with Crippen LogP contribution in [0.1, 0.15) is 53.3 Å². The first kappa shape index (κ1) is 20.8. The largest absolute Gasteiger partial charge is 0.465 e. The van der Waals surface area contributed by atoms with Gasteiger partial charge in [-0.25, -0.2) is 9.78 Å². The van der Waals surface area contributed by atoms with Crippen molar-refractivity contribution in [1.29, 1.82) is 0 Å². The quantitative estimate of drug-likeness (QED) is 0.559. The lowest BCUT2D eigenvalue weighted by molar-refractivity contribution is -0.121. The van der Waals surface area contributed by atoms with Crippen LogP contribution in [0.3, 0.4) is 0 Å². The summed E-state index contributed by atoms with van der Waals surface area (Å²) in [5, 5.41) is 7.40.